The van der Waals surface area contributed by atoms with Gasteiger partial charge in [-0.15, -0.1) is 0 Å². The van der Waals surface area contributed by atoms with Crippen LogP contribution in [0.5, 0.6) is 0 Å². The zero-order chi connectivity index (χ0) is 15.8. The lowest BCUT2D eigenvalue weighted by molar-refractivity contribution is -0.133. The van der Waals surface area contributed by atoms with E-state index in [1.807, 2.05) is 6.07 Å². The third kappa shape index (κ3) is 2.90. The molecule has 1 aliphatic heterocycles. The van der Waals surface area contributed by atoms with Gasteiger partial charge in [0.05, 0.1) is 0 Å². The van der Waals surface area contributed by atoms with Crippen LogP contribution in [0, 0.1) is 12.8 Å². The van der Waals surface area contributed by atoms with Gasteiger partial charge in [0.1, 0.15) is 0 Å². The Kier molecular flexibility index (Phi) is 3.68. The Morgan fingerprint density at radius 2 is 2.26 bits per heavy atom. The molecular formula is C19H23N3O. The molecular weight excluding hydrogens is 286 g/mol. The number of aromatic amines is 1. The number of H-pyrrole nitrogens is 1. The second kappa shape index (κ2) is 5.84. The minimum atomic E-state index is 0.192. The van der Waals surface area contributed by atoms with E-state index in [1.54, 1.807) is 6.20 Å². The minimum Gasteiger partial charge on any atom is -0.342 e. The fourth-order valence-corrected chi connectivity index (χ4v) is 3.90. The van der Waals surface area contributed by atoms with Gasteiger partial charge in [-0.25, -0.2) is 0 Å². The molecule has 23 heavy (non-hydrogen) atoms. The predicted molar refractivity (Wildman–Crippen MR) is 89.2 cm³/mol. The highest BCUT2D eigenvalue weighted by molar-refractivity contribution is 5.83. The Hall–Kier alpha value is -2.10. The van der Waals surface area contributed by atoms with Crippen molar-refractivity contribution in [3.8, 4) is 0 Å². The first-order chi connectivity index (χ1) is 11.2. The number of nitrogens with zero attached hydrogens (tertiary/aromatic N) is 2. The quantitative estimate of drug-likeness (QED) is 0.946. The second-order valence-corrected chi connectivity index (χ2v) is 7.00. The third-order valence-electron chi connectivity index (χ3n) is 5.27. The lowest BCUT2D eigenvalue weighted by atomic mass is 9.94. The molecule has 1 amide bonds. The van der Waals surface area contributed by atoms with Crippen molar-refractivity contribution in [3.05, 3.63) is 53.3 Å². The van der Waals surface area contributed by atoms with Crippen LogP contribution in [-0.2, 0) is 4.79 Å². The number of benzene rings is 1. The second-order valence-electron chi connectivity index (χ2n) is 7.00. The van der Waals surface area contributed by atoms with Gasteiger partial charge in [-0.2, -0.15) is 5.10 Å². The third-order valence-corrected chi connectivity index (χ3v) is 5.27. The van der Waals surface area contributed by atoms with Crippen molar-refractivity contribution in [2.45, 2.75) is 38.0 Å². The number of carbonyl (C=O) groups excluding carboxylic acids is 1. The summed E-state index contributed by atoms with van der Waals surface area (Å²) in [6, 6.07) is 10.6. The molecule has 2 aliphatic rings. The smallest absolute Gasteiger partial charge is 0.226 e. The van der Waals surface area contributed by atoms with E-state index in [0.29, 0.717) is 17.7 Å². The summed E-state index contributed by atoms with van der Waals surface area (Å²) in [4.78, 5) is 14.9. The maximum atomic E-state index is 12.8. The summed E-state index contributed by atoms with van der Waals surface area (Å²) in [7, 11) is 0. The van der Waals surface area contributed by atoms with Crippen LogP contribution < -0.4 is 0 Å². The Labute approximate surface area is 136 Å². The number of piperidine rings is 1. The maximum Gasteiger partial charge on any atom is 0.226 e. The van der Waals surface area contributed by atoms with Crippen LogP contribution in [-0.4, -0.2) is 34.1 Å². The van der Waals surface area contributed by atoms with Crippen LogP contribution in [0.25, 0.3) is 0 Å². The van der Waals surface area contributed by atoms with Gasteiger partial charge in [0.15, 0.2) is 0 Å². The van der Waals surface area contributed by atoms with Gasteiger partial charge < -0.3 is 4.90 Å². The number of aryl methyl sites for hydroxylation is 1. The SMILES string of the molecule is Cc1cccc([C@@H]2C[C@@H]2C(=O)N2CCC[C@@H](c3ccn[nH]3)C2)c1. The molecule has 3 atom stereocenters. The number of hydrogen-bond acceptors (Lipinski definition) is 2. The molecule has 2 heterocycles. The standard InChI is InChI=1S/C19H23N3O/c1-13-4-2-5-14(10-13)16-11-17(16)19(23)22-9-3-6-15(12-22)18-7-8-20-21-18/h2,4-5,7-8,10,15-17H,3,6,9,11-12H2,1H3,(H,20,21)/t15-,16+,17+/m1/s1. The van der Waals surface area contributed by atoms with E-state index in [4.69, 9.17) is 0 Å². The van der Waals surface area contributed by atoms with Gasteiger partial charge in [0, 0.05) is 36.8 Å². The van der Waals surface area contributed by atoms with Crippen LogP contribution in [0.4, 0.5) is 0 Å². The van der Waals surface area contributed by atoms with Crippen LogP contribution in [0.15, 0.2) is 36.5 Å². The molecule has 0 bridgehead atoms. The van der Waals surface area contributed by atoms with Crippen molar-refractivity contribution in [1.29, 1.82) is 0 Å². The lowest BCUT2D eigenvalue weighted by Crippen LogP contribution is -2.40. The maximum absolute atomic E-state index is 12.8. The monoisotopic (exact) mass is 309 g/mol. The minimum absolute atomic E-state index is 0.192. The molecule has 0 unspecified atom stereocenters. The molecule has 120 valence electrons. The van der Waals surface area contributed by atoms with E-state index in [2.05, 4.69) is 46.3 Å². The van der Waals surface area contributed by atoms with Crippen molar-refractivity contribution in [2.75, 3.05) is 13.1 Å². The van der Waals surface area contributed by atoms with Crippen molar-refractivity contribution in [3.63, 3.8) is 0 Å². The van der Waals surface area contributed by atoms with E-state index in [9.17, 15) is 4.79 Å². The van der Waals surface area contributed by atoms with Crippen LogP contribution in [0.3, 0.4) is 0 Å². The fraction of sp³-hybridized carbons (Fsp3) is 0.474. The van der Waals surface area contributed by atoms with Gasteiger partial charge in [-0.1, -0.05) is 29.8 Å². The Balaban J connectivity index is 1.42. The average molecular weight is 309 g/mol. The van der Waals surface area contributed by atoms with Gasteiger partial charge in [-0.3, -0.25) is 9.89 Å². The van der Waals surface area contributed by atoms with E-state index < -0.39 is 0 Å². The summed E-state index contributed by atoms with van der Waals surface area (Å²) >= 11 is 0. The fourth-order valence-electron chi connectivity index (χ4n) is 3.90. The number of hydrogen-bond donors (Lipinski definition) is 1. The number of amides is 1. The summed E-state index contributed by atoms with van der Waals surface area (Å²) in [6.45, 7) is 3.85. The van der Waals surface area contributed by atoms with Gasteiger partial charge in [-0.05, 0) is 43.7 Å². The molecule has 4 rings (SSSR count). The summed E-state index contributed by atoms with van der Waals surface area (Å²) in [5.74, 6) is 1.37. The normalized spacial score (nSPS) is 27.0. The van der Waals surface area contributed by atoms with E-state index >= 15 is 0 Å². The topological polar surface area (TPSA) is 49.0 Å². The molecule has 4 nitrogen and oxygen atoms in total. The average Bonchev–Trinajstić information content (AvgIpc) is 3.19. The molecule has 2 fully saturated rings. The van der Waals surface area contributed by atoms with Crippen molar-refractivity contribution in [2.24, 2.45) is 5.92 Å². The molecule has 2 aromatic rings. The first kappa shape index (κ1) is 14.5. The molecule has 0 spiro atoms. The van der Waals surface area contributed by atoms with Crippen LogP contribution in [0.1, 0.15) is 47.9 Å². The molecule has 1 aromatic carbocycles. The van der Waals surface area contributed by atoms with Gasteiger partial charge >= 0.3 is 0 Å². The summed E-state index contributed by atoms with van der Waals surface area (Å²) in [5, 5.41) is 7.11. The number of nitrogens with one attached hydrogen (secondary N) is 1. The van der Waals surface area contributed by atoms with Crippen molar-refractivity contribution in [1.82, 2.24) is 15.1 Å². The molecule has 1 aromatic heterocycles. The first-order valence-corrected chi connectivity index (χ1v) is 8.57. The van der Waals surface area contributed by atoms with Crippen LogP contribution in [0.2, 0.25) is 0 Å². The molecule has 4 heteroatoms. The van der Waals surface area contributed by atoms with E-state index in [0.717, 1.165) is 38.0 Å². The summed E-state index contributed by atoms with van der Waals surface area (Å²) in [6.07, 6.45) is 5.02. The number of aromatic nitrogens is 2. The van der Waals surface area contributed by atoms with E-state index in [-0.39, 0.29) is 5.92 Å². The summed E-state index contributed by atoms with van der Waals surface area (Å²) < 4.78 is 0. The van der Waals surface area contributed by atoms with Crippen molar-refractivity contribution >= 4 is 5.91 Å². The number of carbonyl (C=O) groups is 1. The molecule has 0 radical (unpaired) electrons. The van der Waals surface area contributed by atoms with Gasteiger partial charge in [0.2, 0.25) is 5.91 Å². The van der Waals surface area contributed by atoms with Crippen LogP contribution >= 0.6 is 0 Å². The lowest BCUT2D eigenvalue weighted by Gasteiger charge is -2.32. The van der Waals surface area contributed by atoms with Crippen molar-refractivity contribution < 1.29 is 4.79 Å². The zero-order valence-electron chi connectivity index (χ0n) is 13.5. The number of likely N-dealkylation sites (tertiary alicyclic amines) is 1. The zero-order valence-corrected chi connectivity index (χ0v) is 13.5. The number of rotatable bonds is 3. The first-order valence-electron chi connectivity index (χ1n) is 8.57. The predicted octanol–water partition coefficient (Wildman–Crippen LogP) is 3.23. The Morgan fingerprint density at radius 1 is 1.35 bits per heavy atom. The Morgan fingerprint density at radius 3 is 3.04 bits per heavy atom. The highest BCUT2D eigenvalue weighted by Gasteiger charge is 2.46. The highest BCUT2D eigenvalue weighted by Crippen LogP contribution is 2.49. The molecule has 1 aliphatic carbocycles. The molecule has 1 saturated heterocycles. The van der Waals surface area contributed by atoms with Gasteiger partial charge in [0.25, 0.3) is 0 Å². The molecule has 1 N–H and O–H groups in total. The summed E-state index contributed by atoms with van der Waals surface area (Å²) in [5.41, 5.74) is 3.76. The Bertz CT molecular complexity index is 694. The largest absolute Gasteiger partial charge is 0.342 e. The highest BCUT2D eigenvalue weighted by atomic mass is 16.2. The molecule has 1 saturated carbocycles. The van der Waals surface area contributed by atoms with E-state index in [1.165, 1.54) is 11.1 Å².